The molecule has 0 spiro atoms. The van der Waals surface area contributed by atoms with Crippen molar-refractivity contribution in [2.24, 2.45) is 22.4 Å². The van der Waals surface area contributed by atoms with Crippen molar-refractivity contribution in [3.05, 3.63) is 29.3 Å². The Morgan fingerprint density at radius 1 is 1.26 bits per heavy atom. The van der Waals surface area contributed by atoms with Gasteiger partial charge in [-0.05, 0) is 67.7 Å². The molecule has 1 saturated carbocycles. The average molecular weight is 441 g/mol. The number of carbonyl (C=O) groups excluding carboxylic acids is 1. The number of rotatable bonds is 5. The number of hydrogen-bond acceptors (Lipinski definition) is 4. The molecule has 1 aliphatic carbocycles. The summed E-state index contributed by atoms with van der Waals surface area (Å²) in [5, 5.41) is 15.1. The van der Waals surface area contributed by atoms with E-state index in [1.165, 1.54) is 0 Å². The number of amides is 1. The smallest absolute Gasteiger partial charge is 0.439 e. The first kappa shape index (κ1) is 23.6. The van der Waals surface area contributed by atoms with E-state index in [1.807, 2.05) is 40.7 Å². The third kappa shape index (κ3) is 4.31. The molecular weight excluding hydrogens is 409 g/mol. The van der Waals surface area contributed by atoms with Crippen molar-refractivity contribution < 1.29 is 27.8 Å². The summed E-state index contributed by atoms with van der Waals surface area (Å²) in [5.41, 5.74) is -1.46. The van der Waals surface area contributed by atoms with Crippen molar-refractivity contribution in [3.8, 4) is 5.75 Å². The molecule has 1 amide bonds. The van der Waals surface area contributed by atoms with Gasteiger partial charge in [-0.2, -0.15) is 23.3 Å². The second kappa shape index (κ2) is 8.11. The lowest BCUT2D eigenvalue weighted by Crippen LogP contribution is -2.62. The lowest BCUT2D eigenvalue weighted by atomic mass is 9.64. The molecule has 5 nitrogen and oxygen atoms in total. The van der Waals surface area contributed by atoms with Gasteiger partial charge in [-0.25, -0.2) is 0 Å². The maximum absolute atomic E-state index is 14.1. The van der Waals surface area contributed by atoms with Crippen LogP contribution in [0.25, 0.3) is 0 Å². The van der Waals surface area contributed by atoms with E-state index in [0.717, 1.165) is 17.5 Å². The van der Waals surface area contributed by atoms with Crippen LogP contribution in [0, 0.1) is 31.1 Å². The number of hydrazone groups is 1. The quantitative estimate of drug-likeness (QED) is 0.702. The Labute approximate surface area is 181 Å². The predicted molar refractivity (Wildman–Crippen MR) is 112 cm³/mol. The zero-order chi connectivity index (χ0) is 23.2. The molecule has 3 atom stereocenters. The topological polar surface area (TPSA) is 62.1 Å². The van der Waals surface area contributed by atoms with Crippen LogP contribution in [0.3, 0.4) is 0 Å². The molecule has 8 heteroatoms. The monoisotopic (exact) mass is 440 g/mol. The van der Waals surface area contributed by atoms with Crippen LogP contribution in [0.2, 0.25) is 0 Å². The first-order chi connectivity index (χ1) is 14.3. The summed E-state index contributed by atoms with van der Waals surface area (Å²) in [7, 11) is 0. The molecule has 1 fully saturated rings. The Balaban J connectivity index is 1.84. The number of nitrogens with zero attached hydrogens (tertiary/aromatic N) is 2. The minimum atomic E-state index is -5.04. The number of aliphatic hydroxyl groups is 1. The van der Waals surface area contributed by atoms with Gasteiger partial charge in [-0.1, -0.05) is 33.3 Å². The van der Waals surface area contributed by atoms with Gasteiger partial charge in [0.1, 0.15) is 5.75 Å². The molecule has 1 aromatic rings. The van der Waals surface area contributed by atoms with Gasteiger partial charge in [0, 0.05) is 5.71 Å². The summed E-state index contributed by atoms with van der Waals surface area (Å²) < 4.78 is 47.9. The van der Waals surface area contributed by atoms with Crippen molar-refractivity contribution in [1.82, 2.24) is 5.01 Å². The molecule has 0 unspecified atom stereocenters. The Kier molecular flexibility index (Phi) is 6.17. The van der Waals surface area contributed by atoms with E-state index >= 15 is 0 Å². The summed E-state index contributed by atoms with van der Waals surface area (Å²) >= 11 is 0. The summed E-state index contributed by atoms with van der Waals surface area (Å²) in [4.78, 5) is 12.8. The normalized spacial score (nSPS) is 26.5. The lowest BCUT2D eigenvalue weighted by molar-refractivity contribution is -0.318. The number of fused-ring (bicyclic) bond motifs is 1. The van der Waals surface area contributed by atoms with Crippen molar-refractivity contribution >= 4 is 11.6 Å². The first-order valence-corrected chi connectivity index (χ1v) is 10.7. The van der Waals surface area contributed by atoms with Crippen LogP contribution in [0.15, 0.2) is 23.3 Å². The molecule has 0 saturated heterocycles. The fraction of sp³-hybridized carbons (Fsp3) is 0.652. The van der Waals surface area contributed by atoms with Crippen molar-refractivity contribution in [3.63, 3.8) is 0 Å². The highest BCUT2D eigenvalue weighted by molar-refractivity contribution is 5.93. The van der Waals surface area contributed by atoms with Crippen LogP contribution < -0.4 is 4.74 Å². The van der Waals surface area contributed by atoms with E-state index in [2.05, 4.69) is 5.10 Å². The second-order valence-corrected chi connectivity index (χ2v) is 9.50. The van der Waals surface area contributed by atoms with E-state index in [9.17, 15) is 23.1 Å². The van der Waals surface area contributed by atoms with Gasteiger partial charge in [-0.3, -0.25) is 4.79 Å². The van der Waals surface area contributed by atoms with E-state index < -0.39 is 30.3 Å². The Morgan fingerprint density at radius 2 is 1.87 bits per heavy atom. The zero-order valence-electron chi connectivity index (χ0n) is 18.7. The molecule has 1 aromatic carbocycles. The third-order valence-corrected chi connectivity index (χ3v) is 6.94. The maximum Gasteiger partial charge on any atom is 0.439 e. The lowest BCUT2D eigenvalue weighted by Gasteiger charge is -2.43. The fourth-order valence-electron chi connectivity index (χ4n) is 4.69. The molecular formula is C23H31F3N2O3. The molecule has 0 radical (unpaired) electrons. The predicted octanol–water partition coefficient (Wildman–Crippen LogP) is 4.98. The average Bonchev–Trinajstić information content (AvgIpc) is 2.99. The van der Waals surface area contributed by atoms with Gasteiger partial charge in [0.05, 0.1) is 5.92 Å². The summed E-state index contributed by atoms with van der Waals surface area (Å²) in [6.45, 7) is 9.14. The van der Waals surface area contributed by atoms with Crippen molar-refractivity contribution in [2.75, 3.05) is 6.61 Å². The Hall–Kier alpha value is -2.09. The van der Waals surface area contributed by atoms with Crippen LogP contribution in [0.1, 0.15) is 57.6 Å². The molecule has 1 heterocycles. The minimum absolute atomic E-state index is 0.00287. The standard InChI is InChI=1S/C23H31F3N2O3/c1-6-21(4,5)16-7-8-19-18(12-16)22(30,23(24,25)26)28(27-19)20(29)13-31-17-10-14(2)9-15(3)11-17/h9-11,16,18,30H,6-8,12-13H2,1-5H3/t16-,18-,22+/m1/s1. The van der Waals surface area contributed by atoms with Gasteiger partial charge < -0.3 is 9.84 Å². The van der Waals surface area contributed by atoms with Gasteiger partial charge >= 0.3 is 6.18 Å². The van der Waals surface area contributed by atoms with Crippen molar-refractivity contribution in [2.45, 2.75) is 72.2 Å². The van der Waals surface area contributed by atoms with Crippen LogP contribution in [-0.2, 0) is 4.79 Å². The molecule has 172 valence electrons. The van der Waals surface area contributed by atoms with Crippen LogP contribution in [0.4, 0.5) is 13.2 Å². The van der Waals surface area contributed by atoms with Gasteiger partial charge in [0.15, 0.2) is 6.61 Å². The molecule has 31 heavy (non-hydrogen) atoms. The molecule has 2 aliphatic rings. The van der Waals surface area contributed by atoms with Crippen molar-refractivity contribution in [1.29, 1.82) is 0 Å². The number of ether oxygens (including phenoxy) is 1. The number of aryl methyl sites for hydroxylation is 2. The minimum Gasteiger partial charge on any atom is -0.484 e. The number of hydrogen-bond donors (Lipinski definition) is 1. The summed E-state index contributed by atoms with van der Waals surface area (Å²) in [5.74, 6) is -1.90. The van der Waals surface area contributed by atoms with Crippen LogP contribution in [-0.4, -0.2) is 40.2 Å². The van der Waals surface area contributed by atoms with E-state index in [-0.39, 0.29) is 28.5 Å². The summed E-state index contributed by atoms with van der Waals surface area (Å²) in [6, 6.07) is 5.31. The number of halogens is 3. The fourth-order valence-corrected chi connectivity index (χ4v) is 4.69. The highest BCUT2D eigenvalue weighted by Crippen LogP contribution is 2.52. The van der Waals surface area contributed by atoms with Gasteiger partial charge in [0.2, 0.25) is 0 Å². The SMILES string of the molecule is CCC(C)(C)[C@@H]1CCC2=NN(C(=O)COc3cc(C)cc(C)c3)[C@@](O)(C(F)(F)F)[C@@H]2C1. The van der Waals surface area contributed by atoms with Crippen LogP contribution >= 0.6 is 0 Å². The first-order valence-electron chi connectivity index (χ1n) is 10.7. The number of carbonyl (C=O) groups is 1. The Morgan fingerprint density at radius 3 is 2.42 bits per heavy atom. The molecule has 3 rings (SSSR count). The van der Waals surface area contributed by atoms with Gasteiger partial charge in [0.25, 0.3) is 11.6 Å². The van der Waals surface area contributed by atoms with Gasteiger partial charge in [-0.15, -0.1) is 0 Å². The highest BCUT2D eigenvalue weighted by atomic mass is 19.4. The molecule has 1 N–H and O–H groups in total. The number of alkyl halides is 3. The van der Waals surface area contributed by atoms with E-state index in [0.29, 0.717) is 18.6 Å². The maximum atomic E-state index is 14.1. The van der Waals surface area contributed by atoms with E-state index in [1.54, 1.807) is 12.1 Å². The highest BCUT2D eigenvalue weighted by Gasteiger charge is 2.69. The second-order valence-electron chi connectivity index (χ2n) is 9.50. The molecule has 1 aliphatic heterocycles. The van der Waals surface area contributed by atoms with Crippen LogP contribution in [0.5, 0.6) is 5.75 Å². The van der Waals surface area contributed by atoms with E-state index in [4.69, 9.17) is 4.74 Å². The zero-order valence-corrected chi connectivity index (χ0v) is 18.7. The molecule has 0 bridgehead atoms. The number of benzene rings is 1. The largest absolute Gasteiger partial charge is 0.484 e. The summed E-state index contributed by atoms with van der Waals surface area (Å²) in [6.07, 6.45) is -3.08. The molecule has 0 aromatic heterocycles. The Bertz CT molecular complexity index is 861. The third-order valence-electron chi connectivity index (χ3n) is 6.94.